The molecule has 0 aliphatic heterocycles. The van der Waals surface area contributed by atoms with Crippen LogP contribution in [0, 0.1) is 5.82 Å². The zero-order valence-electron chi connectivity index (χ0n) is 10.7. The van der Waals surface area contributed by atoms with E-state index in [4.69, 9.17) is 9.52 Å². The van der Waals surface area contributed by atoms with E-state index in [1.807, 2.05) is 19.9 Å². The van der Waals surface area contributed by atoms with Crippen molar-refractivity contribution >= 4 is 11.0 Å². The number of hydrogen-bond donors (Lipinski definition) is 2. The van der Waals surface area contributed by atoms with Crippen LogP contribution in [0.5, 0.6) is 0 Å². The van der Waals surface area contributed by atoms with Gasteiger partial charge < -0.3 is 14.8 Å². The molecule has 0 unspecified atom stereocenters. The van der Waals surface area contributed by atoms with Crippen LogP contribution in [-0.2, 0) is 6.54 Å². The second-order valence-electron chi connectivity index (χ2n) is 5.11. The summed E-state index contributed by atoms with van der Waals surface area (Å²) in [6, 6.07) is 6.31. The van der Waals surface area contributed by atoms with Crippen molar-refractivity contribution in [2.75, 3.05) is 6.61 Å². The van der Waals surface area contributed by atoms with Gasteiger partial charge >= 0.3 is 0 Å². The normalized spacial score (nSPS) is 12.2. The molecule has 2 rings (SSSR count). The maximum absolute atomic E-state index is 13.0. The fourth-order valence-corrected chi connectivity index (χ4v) is 1.85. The van der Waals surface area contributed by atoms with Gasteiger partial charge in [0.2, 0.25) is 0 Å². The molecule has 0 aliphatic rings. The highest BCUT2D eigenvalue weighted by Gasteiger charge is 2.16. The molecular formula is C14H18FNO2. The summed E-state index contributed by atoms with van der Waals surface area (Å²) in [6.07, 6.45) is 0.669. The molecule has 1 aromatic carbocycles. The van der Waals surface area contributed by atoms with Gasteiger partial charge in [0.25, 0.3) is 0 Å². The van der Waals surface area contributed by atoms with Crippen LogP contribution in [0.3, 0.4) is 0 Å². The quantitative estimate of drug-likeness (QED) is 0.859. The van der Waals surface area contributed by atoms with Crippen LogP contribution in [-0.4, -0.2) is 17.3 Å². The summed E-state index contributed by atoms with van der Waals surface area (Å²) < 4.78 is 18.6. The largest absolute Gasteiger partial charge is 0.460 e. The number of aliphatic hydroxyl groups excluding tert-OH is 1. The van der Waals surface area contributed by atoms with Gasteiger partial charge in [0, 0.05) is 17.5 Å². The van der Waals surface area contributed by atoms with Crippen molar-refractivity contribution in [1.82, 2.24) is 5.32 Å². The molecule has 0 spiro atoms. The van der Waals surface area contributed by atoms with Gasteiger partial charge in [0.1, 0.15) is 17.2 Å². The molecule has 2 aromatic rings. The molecule has 3 nitrogen and oxygen atoms in total. The zero-order chi connectivity index (χ0) is 13.2. The Balaban J connectivity index is 2.08. The Morgan fingerprint density at radius 2 is 2.11 bits per heavy atom. The molecule has 0 atom stereocenters. The van der Waals surface area contributed by atoms with Gasteiger partial charge in [0.15, 0.2) is 0 Å². The highest BCUT2D eigenvalue weighted by Crippen LogP contribution is 2.21. The van der Waals surface area contributed by atoms with Gasteiger partial charge in [-0.05, 0) is 44.5 Å². The number of furan rings is 1. The number of fused-ring (bicyclic) bond motifs is 1. The molecule has 0 fully saturated rings. The smallest absolute Gasteiger partial charge is 0.134 e. The molecule has 98 valence electrons. The fraction of sp³-hybridized carbons (Fsp3) is 0.429. The predicted octanol–water partition coefficient (Wildman–Crippen LogP) is 2.82. The van der Waals surface area contributed by atoms with E-state index < -0.39 is 0 Å². The van der Waals surface area contributed by atoms with Crippen LogP contribution in [0.4, 0.5) is 4.39 Å². The third-order valence-electron chi connectivity index (χ3n) is 3.01. The van der Waals surface area contributed by atoms with E-state index in [0.29, 0.717) is 18.5 Å². The van der Waals surface area contributed by atoms with Crippen molar-refractivity contribution in [3.8, 4) is 0 Å². The molecule has 18 heavy (non-hydrogen) atoms. The van der Waals surface area contributed by atoms with E-state index in [2.05, 4.69) is 5.32 Å². The van der Waals surface area contributed by atoms with Crippen molar-refractivity contribution < 1.29 is 13.9 Å². The first-order valence-corrected chi connectivity index (χ1v) is 6.04. The number of hydrogen-bond acceptors (Lipinski definition) is 3. The topological polar surface area (TPSA) is 45.4 Å². The highest BCUT2D eigenvalue weighted by molar-refractivity contribution is 5.77. The second kappa shape index (κ2) is 5.08. The monoisotopic (exact) mass is 251 g/mol. The van der Waals surface area contributed by atoms with E-state index in [1.54, 1.807) is 6.07 Å². The first-order chi connectivity index (χ1) is 8.50. The van der Waals surface area contributed by atoms with Crippen molar-refractivity contribution in [3.63, 3.8) is 0 Å². The van der Waals surface area contributed by atoms with Crippen LogP contribution in [0.25, 0.3) is 11.0 Å². The molecule has 0 radical (unpaired) electrons. The third kappa shape index (κ3) is 3.09. The molecule has 0 bridgehead atoms. The molecule has 0 saturated heterocycles. The molecule has 4 heteroatoms. The summed E-state index contributed by atoms with van der Waals surface area (Å²) in [4.78, 5) is 0. The number of aliphatic hydroxyl groups is 1. The van der Waals surface area contributed by atoms with Gasteiger partial charge in [0.05, 0.1) is 6.54 Å². The molecule has 0 aliphatic carbocycles. The average molecular weight is 251 g/mol. The highest BCUT2D eigenvalue weighted by atomic mass is 19.1. The Hall–Kier alpha value is -1.39. The van der Waals surface area contributed by atoms with E-state index in [9.17, 15) is 4.39 Å². The van der Waals surface area contributed by atoms with Crippen molar-refractivity contribution in [3.05, 3.63) is 35.8 Å². The van der Waals surface area contributed by atoms with Crippen LogP contribution in [0.1, 0.15) is 26.0 Å². The van der Waals surface area contributed by atoms with E-state index in [0.717, 1.165) is 11.1 Å². The average Bonchev–Trinajstić information content (AvgIpc) is 2.68. The Morgan fingerprint density at radius 3 is 2.83 bits per heavy atom. The maximum Gasteiger partial charge on any atom is 0.134 e. The molecule has 1 aromatic heterocycles. The number of nitrogens with one attached hydrogen (secondary N) is 1. The van der Waals surface area contributed by atoms with Gasteiger partial charge in [-0.1, -0.05) is 0 Å². The summed E-state index contributed by atoms with van der Waals surface area (Å²) in [5.74, 6) is 0.505. The summed E-state index contributed by atoms with van der Waals surface area (Å²) in [5, 5.41) is 13.0. The Kier molecular flexibility index (Phi) is 3.68. The van der Waals surface area contributed by atoms with E-state index >= 15 is 0 Å². The van der Waals surface area contributed by atoms with Crippen molar-refractivity contribution in [2.24, 2.45) is 0 Å². The van der Waals surface area contributed by atoms with Crippen LogP contribution in [0.2, 0.25) is 0 Å². The first-order valence-electron chi connectivity index (χ1n) is 6.04. The Bertz CT molecular complexity index is 534. The van der Waals surface area contributed by atoms with Crippen LogP contribution < -0.4 is 5.32 Å². The second-order valence-corrected chi connectivity index (χ2v) is 5.11. The van der Waals surface area contributed by atoms with E-state index in [1.165, 1.54) is 12.1 Å². The van der Waals surface area contributed by atoms with Gasteiger partial charge in [-0.3, -0.25) is 0 Å². The lowest BCUT2D eigenvalue weighted by Gasteiger charge is -2.24. The summed E-state index contributed by atoms with van der Waals surface area (Å²) >= 11 is 0. The predicted molar refractivity (Wildman–Crippen MR) is 68.8 cm³/mol. The first kappa shape index (κ1) is 13.1. The molecule has 2 N–H and O–H groups in total. The lowest BCUT2D eigenvalue weighted by atomic mass is 10.0. The zero-order valence-corrected chi connectivity index (χ0v) is 10.7. The molecule has 1 heterocycles. The number of rotatable bonds is 5. The SMILES string of the molecule is CC(C)(CCO)NCc1cc2cc(F)ccc2o1. The molecule has 0 saturated carbocycles. The molecular weight excluding hydrogens is 233 g/mol. The minimum atomic E-state index is -0.261. The Morgan fingerprint density at radius 1 is 1.33 bits per heavy atom. The number of benzene rings is 1. The van der Waals surface area contributed by atoms with Gasteiger partial charge in [-0.2, -0.15) is 0 Å². The standard InChI is InChI=1S/C14H18FNO2/c1-14(2,5-6-17)16-9-12-8-10-7-11(15)3-4-13(10)18-12/h3-4,7-8,16-17H,5-6,9H2,1-2H3. The van der Waals surface area contributed by atoms with E-state index in [-0.39, 0.29) is 18.0 Å². The minimum absolute atomic E-state index is 0.144. The molecule has 0 amide bonds. The Labute approximate surface area is 106 Å². The lowest BCUT2D eigenvalue weighted by Crippen LogP contribution is -2.39. The van der Waals surface area contributed by atoms with Crippen LogP contribution >= 0.6 is 0 Å². The number of halogens is 1. The third-order valence-corrected chi connectivity index (χ3v) is 3.01. The summed E-state index contributed by atoms with van der Waals surface area (Å²) in [5.41, 5.74) is 0.534. The van der Waals surface area contributed by atoms with Crippen molar-refractivity contribution in [2.45, 2.75) is 32.4 Å². The fourth-order valence-electron chi connectivity index (χ4n) is 1.85. The maximum atomic E-state index is 13.0. The summed E-state index contributed by atoms with van der Waals surface area (Å²) in [7, 11) is 0. The van der Waals surface area contributed by atoms with Gasteiger partial charge in [-0.25, -0.2) is 4.39 Å². The van der Waals surface area contributed by atoms with Crippen molar-refractivity contribution in [1.29, 1.82) is 0 Å². The minimum Gasteiger partial charge on any atom is -0.460 e. The lowest BCUT2D eigenvalue weighted by molar-refractivity contribution is 0.227. The summed E-state index contributed by atoms with van der Waals surface area (Å²) in [6.45, 7) is 4.74. The van der Waals surface area contributed by atoms with Gasteiger partial charge in [-0.15, -0.1) is 0 Å². The van der Waals surface area contributed by atoms with Crippen LogP contribution in [0.15, 0.2) is 28.7 Å².